The molecular weight excluding hydrogens is 350 g/mol. The van der Waals surface area contributed by atoms with Crippen molar-refractivity contribution in [2.24, 2.45) is 5.92 Å². The molecule has 1 saturated heterocycles. The number of sulfonamides is 1. The Kier molecular flexibility index (Phi) is 4.42. The minimum absolute atomic E-state index is 0. The van der Waals surface area contributed by atoms with E-state index in [2.05, 4.69) is 10.6 Å². The van der Waals surface area contributed by atoms with Gasteiger partial charge in [-0.05, 0) is 17.5 Å². The molecule has 0 aromatic heterocycles. The first-order valence-electron chi connectivity index (χ1n) is 7.59. The summed E-state index contributed by atoms with van der Waals surface area (Å²) in [5, 5.41) is 7.53. The van der Waals surface area contributed by atoms with Gasteiger partial charge in [-0.2, -0.15) is 0 Å². The molecule has 4 rings (SSSR count). The van der Waals surface area contributed by atoms with Gasteiger partial charge < -0.3 is 10.6 Å². The maximum absolute atomic E-state index is 12.7. The third-order valence-corrected chi connectivity index (χ3v) is 6.22. The number of rotatable bonds is 4. The average molecular weight is 368 g/mol. The molecule has 24 heavy (non-hydrogen) atoms. The highest BCUT2D eigenvalue weighted by Gasteiger charge is 2.36. The maximum Gasteiger partial charge on any atom is 0.265 e. The van der Waals surface area contributed by atoms with Crippen LogP contribution in [0.15, 0.2) is 41.3 Å². The minimum Gasteiger partial charge on any atom is -0.354 e. The highest BCUT2D eigenvalue weighted by molar-refractivity contribution is 7.93. The number of benzene rings is 2. The molecule has 6 nitrogen and oxygen atoms in total. The van der Waals surface area contributed by atoms with Crippen molar-refractivity contribution < 1.29 is 13.2 Å². The molecule has 1 fully saturated rings. The summed E-state index contributed by atoms with van der Waals surface area (Å²) in [6, 6.07) is 10.6. The molecule has 2 aliphatic rings. The zero-order chi connectivity index (χ0) is 16.0. The van der Waals surface area contributed by atoms with E-state index in [9.17, 15) is 13.2 Å². The fourth-order valence-corrected chi connectivity index (χ4v) is 4.73. The largest absolute Gasteiger partial charge is 0.354 e. The summed E-state index contributed by atoms with van der Waals surface area (Å²) in [5.41, 5.74) is 0.582. The van der Waals surface area contributed by atoms with Crippen LogP contribution in [0, 0.1) is 5.92 Å². The van der Waals surface area contributed by atoms with Crippen molar-refractivity contribution in [1.82, 2.24) is 10.6 Å². The molecule has 0 saturated carbocycles. The zero-order valence-corrected chi connectivity index (χ0v) is 14.5. The lowest BCUT2D eigenvalue weighted by Gasteiger charge is -2.27. The van der Waals surface area contributed by atoms with Crippen LogP contribution in [0.3, 0.4) is 0 Å². The predicted molar refractivity (Wildman–Crippen MR) is 95.1 cm³/mol. The SMILES string of the molecule is Cl.O=C(CN1c2cccc3cccc(c23)S1(=O)=O)NCC1CNC1. The normalized spacial score (nSPS) is 18.1. The molecule has 0 radical (unpaired) electrons. The van der Waals surface area contributed by atoms with Gasteiger partial charge in [-0.25, -0.2) is 8.42 Å². The number of anilines is 1. The number of halogens is 1. The summed E-state index contributed by atoms with van der Waals surface area (Å²) >= 11 is 0. The van der Waals surface area contributed by atoms with Crippen LogP contribution in [0.25, 0.3) is 10.8 Å². The third kappa shape index (κ3) is 2.62. The Morgan fingerprint density at radius 3 is 2.58 bits per heavy atom. The number of hydrogen-bond donors (Lipinski definition) is 2. The minimum atomic E-state index is -3.66. The monoisotopic (exact) mass is 367 g/mol. The fourth-order valence-electron chi connectivity index (χ4n) is 3.07. The van der Waals surface area contributed by atoms with Crippen LogP contribution < -0.4 is 14.9 Å². The summed E-state index contributed by atoms with van der Waals surface area (Å²) in [7, 11) is -3.66. The molecule has 0 bridgehead atoms. The van der Waals surface area contributed by atoms with E-state index < -0.39 is 10.0 Å². The quantitative estimate of drug-likeness (QED) is 0.848. The van der Waals surface area contributed by atoms with Crippen molar-refractivity contribution in [1.29, 1.82) is 0 Å². The van der Waals surface area contributed by atoms with E-state index in [-0.39, 0.29) is 29.8 Å². The van der Waals surface area contributed by atoms with E-state index in [0.717, 1.165) is 18.5 Å². The maximum atomic E-state index is 12.7. The van der Waals surface area contributed by atoms with Gasteiger partial charge in [0.15, 0.2) is 0 Å². The Morgan fingerprint density at radius 1 is 1.21 bits per heavy atom. The van der Waals surface area contributed by atoms with Crippen molar-refractivity contribution in [3.8, 4) is 0 Å². The zero-order valence-electron chi connectivity index (χ0n) is 12.9. The topological polar surface area (TPSA) is 78.5 Å². The summed E-state index contributed by atoms with van der Waals surface area (Å²) in [6.45, 7) is 2.19. The van der Waals surface area contributed by atoms with Gasteiger partial charge in [0.25, 0.3) is 10.0 Å². The summed E-state index contributed by atoms with van der Waals surface area (Å²) < 4.78 is 26.7. The van der Waals surface area contributed by atoms with Gasteiger partial charge in [0, 0.05) is 30.9 Å². The van der Waals surface area contributed by atoms with Crippen LogP contribution in [0.4, 0.5) is 5.69 Å². The second-order valence-corrected chi connectivity index (χ2v) is 7.80. The number of nitrogens with one attached hydrogen (secondary N) is 2. The highest BCUT2D eigenvalue weighted by Crippen LogP contribution is 2.41. The second kappa shape index (κ2) is 6.23. The molecule has 0 unspecified atom stereocenters. The van der Waals surface area contributed by atoms with E-state index in [1.807, 2.05) is 18.2 Å². The van der Waals surface area contributed by atoms with Crippen LogP contribution in [-0.2, 0) is 14.8 Å². The van der Waals surface area contributed by atoms with E-state index in [1.54, 1.807) is 18.2 Å². The molecule has 2 aromatic carbocycles. The smallest absolute Gasteiger partial charge is 0.265 e. The lowest BCUT2D eigenvalue weighted by atomic mass is 10.0. The van der Waals surface area contributed by atoms with E-state index in [0.29, 0.717) is 23.5 Å². The van der Waals surface area contributed by atoms with Crippen molar-refractivity contribution in [3.05, 3.63) is 36.4 Å². The molecule has 2 heterocycles. The Bertz CT molecular complexity index is 891. The molecule has 8 heteroatoms. The molecule has 0 spiro atoms. The lowest BCUT2D eigenvalue weighted by Crippen LogP contribution is -2.49. The molecule has 2 aliphatic heterocycles. The van der Waals surface area contributed by atoms with Crippen LogP contribution in [0.2, 0.25) is 0 Å². The van der Waals surface area contributed by atoms with Crippen LogP contribution in [-0.4, -0.2) is 40.5 Å². The predicted octanol–water partition coefficient (Wildman–Crippen LogP) is 1.11. The Hall–Kier alpha value is -1.83. The molecule has 128 valence electrons. The van der Waals surface area contributed by atoms with Gasteiger partial charge in [-0.15, -0.1) is 12.4 Å². The molecular formula is C16H18ClN3O3S. The summed E-state index contributed by atoms with van der Waals surface area (Å²) in [5.74, 6) is 0.167. The first kappa shape index (κ1) is 17.0. The third-order valence-electron chi connectivity index (χ3n) is 4.42. The van der Waals surface area contributed by atoms with Crippen LogP contribution in [0.1, 0.15) is 0 Å². The number of carbonyl (C=O) groups excluding carboxylic acids is 1. The van der Waals surface area contributed by atoms with Crippen molar-refractivity contribution in [2.45, 2.75) is 4.90 Å². The Balaban J connectivity index is 0.00000169. The summed E-state index contributed by atoms with van der Waals surface area (Å²) in [6.07, 6.45) is 0. The van der Waals surface area contributed by atoms with Crippen LogP contribution in [0.5, 0.6) is 0 Å². The number of hydrogen-bond acceptors (Lipinski definition) is 4. The number of nitrogens with zero attached hydrogens (tertiary/aromatic N) is 1. The Labute approximate surface area is 146 Å². The second-order valence-electron chi connectivity index (χ2n) is 5.97. The van der Waals surface area contributed by atoms with Crippen LogP contribution >= 0.6 is 12.4 Å². The van der Waals surface area contributed by atoms with Crippen molar-refractivity contribution >= 4 is 44.8 Å². The molecule has 0 aliphatic carbocycles. The van der Waals surface area contributed by atoms with Crippen molar-refractivity contribution in [3.63, 3.8) is 0 Å². The van der Waals surface area contributed by atoms with E-state index >= 15 is 0 Å². The molecule has 2 N–H and O–H groups in total. The highest BCUT2D eigenvalue weighted by atomic mass is 35.5. The van der Waals surface area contributed by atoms with Gasteiger partial charge in [0.2, 0.25) is 5.91 Å². The fraction of sp³-hybridized carbons (Fsp3) is 0.312. The van der Waals surface area contributed by atoms with E-state index in [1.165, 1.54) is 4.31 Å². The van der Waals surface area contributed by atoms with Gasteiger partial charge in [0.05, 0.1) is 10.6 Å². The lowest BCUT2D eigenvalue weighted by molar-refractivity contribution is -0.119. The molecule has 2 aromatic rings. The number of carbonyl (C=O) groups is 1. The molecule has 0 atom stereocenters. The first-order valence-corrected chi connectivity index (χ1v) is 9.03. The standard InChI is InChI=1S/C16H17N3O3S.ClH/c20-15(18-9-11-7-17-8-11)10-19-13-5-1-3-12-4-2-6-14(16(12)13)23(19,21)22;/h1-6,11,17H,7-10H2,(H,18,20);1H. The van der Waals surface area contributed by atoms with Gasteiger partial charge in [-0.3, -0.25) is 9.10 Å². The number of amides is 1. The van der Waals surface area contributed by atoms with Gasteiger partial charge >= 0.3 is 0 Å². The average Bonchev–Trinajstić information content (AvgIpc) is 2.70. The first-order chi connectivity index (χ1) is 11.1. The van der Waals surface area contributed by atoms with Gasteiger partial charge in [0.1, 0.15) is 6.54 Å². The molecule has 1 amide bonds. The Morgan fingerprint density at radius 2 is 1.92 bits per heavy atom. The van der Waals surface area contributed by atoms with Gasteiger partial charge in [-0.1, -0.05) is 24.3 Å². The van der Waals surface area contributed by atoms with E-state index in [4.69, 9.17) is 0 Å². The summed E-state index contributed by atoms with van der Waals surface area (Å²) in [4.78, 5) is 12.4. The van der Waals surface area contributed by atoms with Crippen molar-refractivity contribution in [2.75, 3.05) is 30.5 Å².